The molecule has 0 aliphatic carbocycles. The predicted octanol–water partition coefficient (Wildman–Crippen LogP) is -0.0750. The minimum Gasteiger partial charge on any atom is -0.455 e. The Morgan fingerprint density at radius 3 is 2.12 bits per heavy atom. The number of rotatable bonds is 2. The molecule has 1 aliphatic rings. The van der Waals surface area contributed by atoms with Crippen LogP contribution in [-0.2, 0) is 23.8 Å². The van der Waals surface area contributed by atoms with Gasteiger partial charge in [-0.1, -0.05) is 0 Å². The van der Waals surface area contributed by atoms with Gasteiger partial charge in [-0.3, -0.25) is 9.59 Å². The SMILES string of the molecule is CC(=O)O[C@H]1[C@@H](F)[C@@H](C)O[C@H](O)[C@H]1OC(C)=O. The number of hydrogen-bond donors (Lipinski definition) is 1. The third-order valence-electron chi connectivity index (χ3n) is 2.33. The standard InChI is InChI=1S/C10H15FO6/c1-4-7(11)8(16-5(2)12)9(10(14)15-4)17-6(3)13/h4,7-10,14H,1-3H3/t4-,7+,8+,9+,10+/m1/s1. The number of carbonyl (C=O) groups is 2. The lowest BCUT2D eigenvalue weighted by molar-refractivity contribution is -0.275. The van der Waals surface area contributed by atoms with Gasteiger partial charge in [0.15, 0.2) is 24.7 Å². The lowest BCUT2D eigenvalue weighted by Crippen LogP contribution is -2.57. The van der Waals surface area contributed by atoms with Crippen LogP contribution in [0.3, 0.4) is 0 Å². The minimum absolute atomic E-state index is 0.725. The van der Waals surface area contributed by atoms with Crippen LogP contribution >= 0.6 is 0 Å². The van der Waals surface area contributed by atoms with Crippen molar-refractivity contribution in [1.29, 1.82) is 0 Å². The Labute approximate surface area is 97.6 Å². The molecule has 1 fully saturated rings. The molecule has 7 heteroatoms. The summed E-state index contributed by atoms with van der Waals surface area (Å²) in [6.45, 7) is 3.58. The Kier molecular flexibility index (Phi) is 4.41. The molecule has 1 N–H and O–H groups in total. The molecule has 98 valence electrons. The molecule has 0 saturated carbocycles. The normalized spacial score (nSPS) is 37.4. The smallest absolute Gasteiger partial charge is 0.303 e. The number of carbonyl (C=O) groups excluding carboxylic acids is 2. The average Bonchev–Trinajstić information content (AvgIpc) is 2.19. The van der Waals surface area contributed by atoms with Gasteiger partial charge in [0.1, 0.15) is 0 Å². The maximum Gasteiger partial charge on any atom is 0.303 e. The number of esters is 2. The van der Waals surface area contributed by atoms with E-state index in [9.17, 15) is 19.1 Å². The van der Waals surface area contributed by atoms with E-state index in [2.05, 4.69) is 0 Å². The van der Waals surface area contributed by atoms with E-state index in [1.54, 1.807) is 0 Å². The molecule has 0 aromatic heterocycles. The van der Waals surface area contributed by atoms with E-state index in [0.29, 0.717) is 0 Å². The summed E-state index contributed by atoms with van der Waals surface area (Å²) >= 11 is 0. The zero-order chi connectivity index (χ0) is 13.2. The first-order valence-corrected chi connectivity index (χ1v) is 5.15. The minimum atomic E-state index is -1.67. The summed E-state index contributed by atoms with van der Waals surface area (Å²) in [7, 11) is 0. The number of aliphatic hydroxyl groups is 1. The molecule has 6 nitrogen and oxygen atoms in total. The van der Waals surface area contributed by atoms with Crippen molar-refractivity contribution in [2.75, 3.05) is 0 Å². The fraction of sp³-hybridized carbons (Fsp3) is 0.800. The van der Waals surface area contributed by atoms with Gasteiger partial charge in [0.2, 0.25) is 0 Å². The van der Waals surface area contributed by atoms with E-state index < -0.39 is 42.7 Å². The number of ether oxygens (including phenoxy) is 3. The Hall–Kier alpha value is -1.21. The topological polar surface area (TPSA) is 82.1 Å². The van der Waals surface area contributed by atoms with Crippen molar-refractivity contribution in [1.82, 2.24) is 0 Å². The van der Waals surface area contributed by atoms with Crippen LogP contribution in [-0.4, -0.2) is 47.8 Å². The summed E-state index contributed by atoms with van der Waals surface area (Å²) in [6.07, 6.45) is -6.88. The second kappa shape index (κ2) is 5.42. The van der Waals surface area contributed by atoms with Crippen LogP contribution in [0.4, 0.5) is 4.39 Å². The maximum atomic E-state index is 13.8. The molecular formula is C10H15FO6. The maximum absolute atomic E-state index is 13.8. The van der Waals surface area contributed by atoms with Crippen molar-refractivity contribution < 1.29 is 33.3 Å². The summed E-state index contributed by atoms with van der Waals surface area (Å²) in [4.78, 5) is 21.7. The third kappa shape index (κ3) is 3.37. The Balaban J connectivity index is 2.86. The summed E-state index contributed by atoms with van der Waals surface area (Å²) in [5.41, 5.74) is 0. The first-order valence-electron chi connectivity index (χ1n) is 5.15. The van der Waals surface area contributed by atoms with Crippen molar-refractivity contribution in [3.63, 3.8) is 0 Å². The second-order valence-electron chi connectivity index (χ2n) is 3.82. The van der Waals surface area contributed by atoms with Gasteiger partial charge in [-0.15, -0.1) is 0 Å². The first-order chi connectivity index (χ1) is 7.82. The van der Waals surface area contributed by atoms with Gasteiger partial charge in [0, 0.05) is 13.8 Å². The zero-order valence-electron chi connectivity index (χ0n) is 9.75. The summed E-state index contributed by atoms with van der Waals surface area (Å²) in [5.74, 6) is -1.45. The van der Waals surface area contributed by atoms with E-state index in [1.807, 2.05) is 0 Å². The van der Waals surface area contributed by atoms with E-state index >= 15 is 0 Å². The lowest BCUT2D eigenvalue weighted by Gasteiger charge is -2.39. The molecule has 1 heterocycles. The first kappa shape index (κ1) is 13.9. The highest BCUT2D eigenvalue weighted by atomic mass is 19.1. The largest absolute Gasteiger partial charge is 0.455 e. The highest BCUT2D eigenvalue weighted by Crippen LogP contribution is 2.27. The number of alkyl halides is 1. The molecule has 0 aromatic rings. The molecule has 0 aromatic carbocycles. The summed E-state index contributed by atoms with van der Waals surface area (Å²) in [5, 5.41) is 9.53. The molecule has 1 aliphatic heterocycles. The second-order valence-corrected chi connectivity index (χ2v) is 3.82. The van der Waals surface area contributed by atoms with E-state index in [4.69, 9.17) is 14.2 Å². The van der Waals surface area contributed by atoms with E-state index in [-0.39, 0.29) is 0 Å². The summed E-state index contributed by atoms with van der Waals surface area (Å²) in [6, 6.07) is 0. The molecular weight excluding hydrogens is 235 g/mol. The average molecular weight is 250 g/mol. The fourth-order valence-corrected chi connectivity index (χ4v) is 1.62. The third-order valence-corrected chi connectivity index (χ3v) is 2.33. The Morgan fingerprint density at radius 2 is 1.65 bits per heavy atom. The molecule has 17 heavy (non-hydrogen) atoms. The van der Waals surface area contributed by atoms with Crippen molar-refractivity contribution in [2.45, 2.75) is 51.5 Å². The van der Waals surface area contributed by atoms with Gasteiger partial charge in [-0.25, -0.2) is 4.39 Å². The molecule has 5 atom stereocenters. The molecule has 0 bridgehead atoms. The van der Waals surface area contributed by atoms with Gasteiger partial charge >= 0.3 is 11.9 Å². The van der Waals surface area contributed by atoms with Crippen LogP contribution in [0, 0.1) is 0 Å². The van der Waals surface area contributed by atoms with Crippen LogP contribution in [0.25, 0.3) is 0 Å². The highest BCUT2D eigenvalue weighted by Gasteiger charge is 2.48. The van der Waals surface area contributed by atoms with Crippen LogP contribution in [0.15, 0.2) is 0 Å². The van der Waals surface area contributed by atoms with Crippen molar-refractivity contribution in [3.05, 3.63) is 0 Å². The molecule has 1 saturated heterocycles. The van der Waals surface area contributed by atoms with Crippen LogP contribution in [0.2, 0.25) is 0 Å². The van der Waals surface area contributed by atoms with Crippen molar-refractivity contribution >= 4 is 11.9 Å². The molecule has 0 radical (unpaired) electrons. The molecule has 0 unspecified atom stereocenters. The monoisotopic (exact) mass is 250 g/mol. The predicted molar refractivity (Wildman–Crippen MR) is 52.6 cm³/mol. The lowest BCUT2D eigenvalue weighted by atomic mass is 10.0. The number of halogens is 1. The molecule has 0 amide bonds. The van der Waals surface area contributed by atoms with E-state index in [0.717, 1.165) is 13.8 Å². The summed E-state index contributed by atoms with van der Waals surface area (Å²) < 4.78 is 28.0. The molecule has 0 spiro atoms. The van der Waals surface area contributed by atoms with E-state index in [1.165, 1.54) is 6.92 Å². The highest BCUT2D eigenvalue weighted by molar-refractivity contribution is 5.67. The van der Waals surface area contributed by atoms with Crippen molar-refractivity contribution in [2.24, 2.45) is 0 Å². The Bertz CT molecular complexity index is 307. The van der Waals surface area contributed by atoms with Crippen LogP contribution < -0.4 is 0 Å². The van der Waals surface area contributed by atoms with Crippen LogP contribution in [0.1, 0.15) is 20.8 Å². The van der Waals surface area contributed by atoms with Gasteiger partial charge < -0.3 is 19.3 Å². The number of aliphatic hydroxyl groups excluding tert-OH is 1. The number of hydrogen-bond acceptors (Lipinski definition) is 6. The van der Waals surface area contributed by atoms with Gasteiger partial charge in [0.25, 0.3) is 0 Å². The van der Waals surface area contributed by atoms with Crippen molar-refractivity contribution in [3.8, 4) is 0 Å². The zero-order valence-corrected chi connectivity index (χ0v) is 9.75. The van der Waals surface area contributed by atoms with Crippen LogP contribution in [0.5, 0.6) is 0 Å². The Morgan fingerprint density at radius 1 is 1.18 bits per heavy atom. The van der Waals surface area contributed by atoms with Gasteiger partial charge in [0.05, 0.1) is 6.10 Å². The fourth-order valence-electron chi connectivity index (χ4n) is 1.62. The quantitative estimate of drug-likeness (QED) is 0.690. The van der Waals surface area contributed by atoms with Gasteiger partial charge in [-0.05, 0) is 6.92 Å². The molecule has 1 rings (SSSR count). The van der Waals surface area contributed by atoms with Gasteiger partial charge in [-0.2, -0.15) is 0 Å².